The molecular formula is C29H30N4O6. The Hall–Kier alpha value is -4.34. The summed E-state index contributed by atoms with van der Waals surface area (Å²) in [5, 5.41) is 3.78. The molecule has 0 spiro atoms. The van der Waals surface area contributed by atoms with Gasteiger partial charge >= 0.3 is 0 Å². The number of primary amides is 1. The molecule has 0 radical (unpaired) electrons. The van der Waals surface area contributed by atoms with Crippen LogP contribution in [-0.2, 0) is 14.4 Å². The second-order valence-corrected chi connectivity index (χ2v) is 10.9. The van der Waals surface area contributed by atoms with Crippen molar-refractivity contribution in [1.82, 2.24) is 10.3 Å². The quantitative estimate of drug-likeness (QED) is 0.405. The molecule has 2 aromatic carbocycles. The summed E-state index contributed by atoms with van der Waals surface area (Å²) in [6.45, 7) is 1.50. The summed E-state index contributed by atoms with van der Waals surface area (Å²) in [4.78, 5) is 43.8. The lowest BCUT2D eigenvalue weighted by molar-refractivity contribution is -0.144. The van der Waals surface area contributed by atoms with Gasteiger partial charge in [0.2, 0.25) is 17.7 Å². The lowest BCUT2D eigenvalue weighted by Gasteiger charge is -2.73. The number of aromatic nitrogens is 1. The predicted octanol–water partition coefficient (Wildman–Crippen LogP) is 3.45. The molecule has 0 atom stereocenters. The number of pyridine rings is 1. The van der Waals surface area contributed by atoms with Crippen LogP contribution in [0.1, 0.15) is 39.0 Å². The van der Waals surface area contributed by atoms with Gasteiger partial charge in [0.1, 0.15) is 16.9 Å². The van der Waals surface area contributed by atoms with E-state index in [0.717, 1.165) is 5.39 Å². The first-order chi connectivity index (χ1) is 18.6. The van der Waals surface area contributed by atoms with Crippen molar-refractivity contribution in [1.29, 1.82) is 0 Å². The van der Waals surface area contributed by atoms with E-state index in [2.05, 4.69) is 10.3 Å². The fraction of sp³-hybridized carbons (Fsp3) is 0.379. The molecule has 10 nitrogen and oxygen atoms in total. The summed E-state index contributed by atoms with van der Waals surface area (Å²) < 4.78 is 17.0. The van der Waals surface area contributed by atoms with Crippen molar-refractivity contribution < 1.29 is 28.6 Å². The van der Waals surface area contributed by atoms with Crippen molar-refractivity contribution in [3.63, 3.8) is 0 Å². The molecule has 0 unspecified atom stereocenters. The van der Waals surface area contributed by atoms with Crippen LogP contribution in [0.25, 0.3) is 10.9 Å². The Morgan fingerprint density at radius 2 is 1.59 bits per heavy atom. The number of carbonyl (C=O) groups is 3. The van der Waals surface area contributed by atoms with E-state index in [-0.39, 0.29) is 17.4 Å². The maximum absolute atomic E-state index is 13.8. The van der Waals surface area contributed by atoms with Gasteiger partial charge in [-0.1, -0.05) is 0 Å². The SMILES string of the molecule is COc1cc2nccc(Oc3ccc(N(C(=O)C4(C(N)=O)CC4)C45CC(NC(C)=O)(C4)C5)cc3)c2cc1OC. The molecule has 7 rings (SSSR count). The number of hydrogen-bond donors (Lipinski definition) is 2. The van der Waals surface area contributed by atoms with Gasteiger partial charge in [-0.25, -0.2) is 0 Å². The van der Waals surface area contributed by atoms with Gasteiger partial charge in [0, 0.05) is 35.8 Å². The molecule has 0 saturated heterocycles. The first kappa shape index (κ1) is 25.0. The summed E-state index contributed by atoms with van der Waals surface area (Å²) in [5.41, 5.74) is 5.16. The van der Waals surface area contributed by atoms with E-state index in [1.165, 1.54) is 6.92 Å². The number of hydrogen-bond acceptors (Lipinski definition) is 7. The van der Waals surface area contributed by atoms with Crippen molar-refractivity contribution in [2.45, 2.75) is 50.1 Å². The highest BCUT2D eigenvalue weighted by atomic mass is 16.5. The van der Waals surface area contributed by atoms with Crippen molar-refractivity contribution >= 4 is 34.3 Å². The first-order valence-electron chi connectivity index (χ1n) is 12.9. The summed E-state index contributed by atoms with van der Waals surface area (Å²) >= 11 is 0. The number of amides is 3. The Morgan fingerprint density at radius 1 is 0.949 bits per heavy atom. The van der Waals surface area contributed by atoms with Gasteiger partial charge in [0.15, 0.2) is 11.5 Å². The van der Waals surface area contributed by atoms with E-state index < -0.39 is 16.9 Å². The maximum atomic E-state index is 13.8. The lowest BCUT2D eigenvalue weighted by atomic mass is 9.43. The number of fused-ring (bicyclic) bond motifs is 1. The van der Waals surface area contributed by atoms with E-state index in [0.29, 0.717) is 66.3 Å². The number of carbonyl (C=O) groups excluding carboxylic acids is 3. The Balaban J connectivity index is 1.29. The van der Waals surface area contributed by atoms with Crippen LogP contribution in [0.4, 0.5) is 5.69 Å². The molecule has 2 bridgehead atoms. The van der Waals surface area contributed by atoms with E-state index in [4.69, 9.17) is 19.9 Å². The molecule has 4 fully saturated rings. The molecule has 1 heterocycles. The summed E-state index contributed by atoms with van der Waals surface area (Å²) in [5.74, 6) is 1.35. The van der Waals surface area contributed by atoms with Crippen molar-refractivity contribution in [2.24, 2.45) is 11.1 Å². The average Bonchev–Trinajstić information content (AvgIpc) is 3.69. The summed E-state index contributed by atoms with van der Waals surface area (Å²) in [6.07, 6.45) is 4.50. The zero-order chi connectivity index (χ0) is 27.6. The minimum atomic E-state index is -1.15. The predicted molar refractivity (Wildman–Crippen MR) is 143 cm³/mol. The van der Waals surface area contributed by atoms with Gasteiger partial charge < -0.3 is 30.2 Å². The van der Waals surface area contributed by atoms with Crippen LogP contribution in [0, 0.1) is 5.41 Å². The number of nitrogens with one attached hydrogen (secondary N) is 1. The van der Waals surface area contributed by atoms with E-state index in [1.54, 1.807) is 49.6 Å². The number of nitrogens with zero attached hydrogens (tertiary/aromatic N) is 2. The summed E-state index contributed by atoms with van der Waals surface area (Å²) in [7, 11) is 3.14. The van der Waals surface area contributed by atoms with Crippen LogP contribution in [0.15, 0.2) is 48.7 Å². The number of benzene rings is 2. The van der Waals surface area contributed by atoms with Crippen LogP contribution in [0.2, 0.25) is 0 Å². The number of methoxy groups -OCH3 is 2. The second-order valence-electron chi connectivity index (χ2n) is 10.9. The molecule has 0 aliphatic heterocycles. The van der Waals surface area contributed by atoms with Gasteiger partial charge in [0.05, 0.1) is 25.3 Å². The summed E-state index contributed by atoms with van der Waals surface area (Å²) in [6, 6.07) is 12.6. The fourth-order valence-corrected chi connectivity index (χ4v) is 6.32. The van der Waals surface area contributed by atoms with E-state index in [1.807, 2.05) is 18.2 Å². The van der Waals surface area contributed by atoms with Crippen molar-refractivity contribution in [2.75, 3.05) is 19.1 Å². The van der Waals surface area contributed by atoms with Crippen molar-refractivity contribution in [3.8, 4) is 23.0 Å². The Morgan fingerprint density at radius 3 is 2.15 bits per heavy atom. The Bertz CT molecular complexity index is 1490. The van der Waals surface area contributed by atoms with E-state index in [9.17, 15) is 14.4 Å². The van der Waals surface area contributed by atoms with E-state index >= 15 is 0 Å². The Kier molecular flexibility index (Phi) is 5.50. The molecule has 4 aliphatic carbocycles. The van der Waals surface area contributed by atoms with Gasteiger partial charge in [0.25, 0.3) is 0 Å². The highest BCUT2D eigenvalue weighted by Gasteiger charge is 2.74. The van der Waals surface area contributed by atoms with Crippen LogP contribution < -0.4 is 30.2 Å². The molecule has 1 aromatic heterocycles. The van der Waals surface area contributed by atoms with Gasteiger partial charge in [-0.05, 0) is 68.5 Å². The number of ether oxygens (including phenoxy) is 3. The zero-order valence-electron chi connectivity index (χ0n) is 22.1. The third-order valence-corrected chi connectivity index (χ3v) is 8.28. The third-order valence-electron chi connectivity index (χ3n) is 8.28. The molecule has 4 saturated carbocycles. The molecule has 3 aromatic rings. The third kappa shape index (κ3) is 3.85. The number of rotatable bonds is 9. The smallest absolute Gasteiger partial charge is 0.243 e. The highest BCUT2D eigenvalue weighted by Crippen LogP contribution is 2.65. The van der Waals surface area contributed by atoms with Gasteiger partial charge in [-0.2, -0.15) is 0 Å². The van der Waals surface area contributed by atoms with Crippen LogP contribution in [0.3, 0.4) is 0 Å². The maximum Gasteiger partial charge on any atom is 0.243 e. The van der Waals surface area contributed by atoms with Gasteiger partial charge in [-0.3, -0.25) is 19.4 Å². The van der Waals surface area contributed by atoms with Crippen LogP contribution in [-0.4, -0.2) is 48.0 Å². The fourth-order valence-electron chi connectivity index (χ4n) is 6.32. The molecule has 202 valence electrons. The molecule has 3 amide bonds. The molecule has 39 heavy (non-hydrogen) atoms. The first-order valence-corrected chi connectivity index (χ1v) is 12.9. The second kappa shape index (κ2) is 8.59. The zero-order valence-corrected chi connectivity index (χ0v) is 22.1. The molecular weight excluding hydrogens is 500 g/mol. The molecule has 4 aliphatic rings. The average molecular weight is 531 g/mol. The Labute approximate surface area is 225 Å². The van der Waals surface area contributed by atoms with Crippen LogP contribution >= 0.6 is 0 Å². The highest BCUT2D eigenvalue weighted by molar-refractivity contribution is 6.14. The van der Waals surface area contributed by atoms with Crippen molar-refractivity contribution in [3.05, 3.63) is 48.7 Å². The molecule has 3 N–H and O–H groups in total. The number of nitrogens with two attached hydrogens (primary N) is 1. The lowest BCUT2D eigenvalue weighted by Crippen LogP contribution is -2.85. The largest absolute Gasteiger partial charge is 0.493 e. The topological polar surface area (TPSA) is 133 Å². The normalized spacial score (nSPS) is 23.6. The number of anilines is 1. The minimum absolute atomic E-state index is 0.0850. The monoisotopic (exact) mass is 530 g/mol. The standard InChI is InChI=1S/C29H30N4O6/c1-17(34)32-27-14-28(15-27,16-27)33(26(36)29(9-10-29)25(30)35)18-4-6-19(7-5-18)39-22-8-11-31-21-13-24(38-3)23(37-2)12-20(21)22/h4-8,11-13H,9-10,14-16H2,1-3H3,(H2,30,35)(H,32,34). The molecule has 10 heteroatoms. The van der Waals surface area contributed by atoms with Crippen LogP contribution in [0.5, 0.6) is 23.0 Å². The van der Waals surface area contributed by atoms with Gasteiger partial charge in [-0.15, -0.1) is 0 Å². The minimum Gasteiger partial charge on any atom is -0.493 e.